The van der Waals surface area contributed by atoms with Gasteiger partial charge in [-0.2, -0.15) is 0 Å². The maximum absolute atomic E-state index is 12.8. The minimum Gasteiger partial charge on any atom is -0.481 e. The van der Waals surface area contributed by atoms with Gasteiger partial charge in [0.2, 0.25) is 0 Å². The van der Waals surface area contributed by atoms with Crippen LogP contribution >= 0.6 is 0 Å². The first-order valence-electron chi connectivity index (χ1n) is 9.67. The van der Waals surface area contributed by atoms with Crippen LogP contribution in [0.1, 0.15) is 37.7 Å². The van der Waals surface area contributed by atoms with Crippen LogP contribution in [0.4, 0.5) is 4.79 Å². The number of aliphatic carboxylic acids is 1. The Balaban J connectivity index is 1.57. The van der Waals surface area contributed by atoms with Crippen LogP contribution in [-0.2, 0) is 11.2 Å². The number of fused-ring (bicyclic) bond motifs is 1. The molecule has 1 aromatic rings. The molecule has 26 heavy (non-hydrogen) atoms. The molecule has 2 saturated heterocycles. The molecule has 0 aromatic heterocycles. The van der Waals surface area contributed by atoms with Crippen LogP contribution in [0, 0.1) is 0 Å². The second-order valence-corrected chi connectivity index (χ2v) is 7.40. The number of nitrogens with one attached hydrogen (secondary N) is 1. The predicted octanol–water partition coefficient (Wildman–Crippen LogP) is 2.34. The van der Waals surface area contributed by atoms with E-state index in [9.17, 15) is 9.59 Å². The zero-order valence-electron chi connectivity index (χ0n) is 15.3. The third kappa shape index (κ3) is 5.21. The van der Waals surface area contributed by atoms with E-state index in [1.807, 2.05) is 35.2 Å². The molecule has 2 heterocycles. The van der Waals surface area contributed by atoms with Gasteiger partial charge in [0, 0.05) is 38.1 Å². The van der Waals surface area contributed by atoms with Crippen molar-refractivity contribution in [3.05, 3.63) is 35.9 Å². The van der Waals surface area contributed by atoms with Crippen LogP contribution in [0.25, 0.3) is 0 Å². The molecule has 0 spiro atoms. The Hall–Kier alpha value is -2.08. The number of carbonyl (C=O) groups is 2. The number of benzene rings is 1. The van der Waals surface area contributed by atoms with E-state index in [0.29, 0.717) is 18.9 Å². The molecule has 3 rings (SSSR count). The van der Waals surface area contributed by atoms with Gasteiger partial charge in [-0.1, -0.05) is 36.8 Å². The fourth-order valence-corrected chi connectivity index (χ4v) is 4.03. The van der Waals surface area contributed by atoms with Crippen LogP contribution in [-0.4, -0.2) is 65.2 Å². The number of urea groups is 1. The van der Waals surface area contributed by atoms with Crippen molar-refractivity contribution in [2.75, 3.05) is 26.2 Å². The number of carbonyl (C=O) groups excluding carboxylic acids is 1. The molecule has 2 aliphatic heterocycles. The number of rotatable bonds is 6. The van der Waals surface area contributed by atoms with Gasteiger partial charge in [0.05, 0.1) is 0 Å². The summed E-state index contributed by atoms with van der Waals surface area (Å²) < 4.78 is 0. The molecule has 1 aromatic carbocycles. The van der Waals surface area contributed by atoms with Gasteiger partial charge in [-0.05, 0) is 37.8 Å². The Morgan fingerprint density at radius 1 is 1.15 bits per heavy atom. The minimum absolute atomic E-state index is 0.0541. The molecule has 2 N–H and O–H groups in total. The molecule has 2 amide bonds. The summed E-state index contributed by atoms with van der Waals surface area (Å²) in [7, 11) is 0. The van der Waals surface area contributed by atoms with Gasteiger partial charge in [-0.15, -0.1) is 0 Å². The van der Waals surface area contributed by atoms with Crippen LogP contribution < -0.4 is 5.32 Å². The van der Waals surface area contributed by atoms with Crippen molar-refractivity contribution in [3.63, 3.8) is 0 Å². The number of carboxylic acid groups (broad SMARTS) is 1. The van der Waals surface area contributed by atoms with Crippen LogP contribution in [0.2, 0.25) is 0 Å². The molecule has 2 fully saturated rings. The molecule has 2 unspecified atom stereocenters. The minimum atomic E-state index is -0.826. The summed E-state index contributed by atoms with van der Waals surface area (Å²) >= 11 is 0. The van der Waals surface area contributed by atoms with Crippen molar-refractivity contribution in [1.29, 1.82) is 0 Å². The van der Waals surface area contributed by atoms with Gasteiger partial charge < -0.3 is 15.3 Å². The van der Waals surface area contributed by atoms with Gasteiger partial charge in [-0.25, -0.2) is 4.79 Å². The van der Waals surface area contributed by atoms with Crippen molar-refractivity contribution in [2.24, 2.45) is 0 Å². The topological polar surface area (TPSA) is 72.9 Å². The van der Waals surface area contributed by atoms with Crippen LogP contribution in [0.5, 0.6) is 0 Å². The molecule has 0 saturated carbocycles. The molecule has 0 aliphatic carbocycles. The lowest BCUT2D eigenvalue weighted by atomic mass is 9.99. The van der Waals surface area contributed by atoms with Crippen molar-refractivity contribution in [1.82, 2.24) is 15.1 Å². The maximum Gasteiger partial charge on any atom is 0.317 e. The van der Waals surface area contributed by atoms with Gasteiger partial charge in [-0.3, -0.25) is 9.69 Å². The molecule has 6 heteroatoms. The quantitative estimate of drug-likeness (QED) is 0.818. The highest BCUT2D eigenvalue weighted by Crippen LogP contribution is 2.21. The summed E-state index contributed by atoms with van der Waals surface area (Å²) in [6.07, 6.45) is 4.83. The second kappa shape index (κ2) is 9.03. The average molecular weight is 359 g/mol. The largest absolute Gasteiger partial charge is 0.481 e. The SMILES string of the molecule is O=C(O)CCC(Cc1ccccc1)NC(=O)N1CCN2CCCCC2C1. The summed E-state index contributed by atoms with van der Waals surface area (Å²) in [6, 6.07) is 10.2. The summed E-state index contributed by atoms with van der Waals surface area (Å²) in [5, 5.41) is 12.1. The van der Waals surface area contributed by atoms with E-state index in [4.69, 9.17) is 5.11 Å². The van der Waals surface area contributed by atoms with E-state index in [-0.39, 0.29) is 18.5 Å². The Labute approximate surface area is 155 Å². The average Bonchev–Trinajstić information content (AvgIpc) is 2.66. The molecule has 2 aliphatic rings. The van der Waals surface area contributed by atoms with Crippen molar-refractivity contribution in [2.45, 2.75) is 50.6 Å². The van der Waals surface area contributed by atoms with Gasteiger partial charge in [0.1, 0.15) is 0 Å². The van der Waals surface area contributed by atoms with E-state index < -0.39 is 5.97 Å². The Bertz CT molecular complexity index is 608. The normalized spacial score (nSPS) is 21.7. The molecule has 2 atom stereocenters. The lowest BCUT2D eigenvalue weighted by Gasteiger charge is -2.44. The van der Waals surface area contributed by atoms with Crippen LogP contribution in [0.15, 0.2) is 30.3 Å². The number of amides is 2. The molecule has 0 bridgehead atoms. The molecular formula is C20H29N3O3. The zero-order chi connectivity index (χ0) is 18.4. The summed E-state index contributed by atoms with van der Waals surface area (Å²) in [6.45, 7) is 3.62. The Morgan fingerprint density at radius 2 is 1.96 bits per heavy atom. The van der Waals surface area contributed by atoms with Gasteiger partial charge in [0.15, 0.2) is 0 Å². The molecular weight excluding hydrogens is 330 g/mol. The fourth-order valence-electron chi connectivity index (χ4n) is 4.03. The van der Waals surface area contributed by atoms with Gasteiger partial charge in [0.25, 0.3) is 0 Å². The van der Waals surface area contributed by atoms with Crippen molar-refractivity contribution < 1.29 is 14.7 Å². The molecule has 6 nitrogen and oxygen atoms in total. The third-order valence-corrected chi connectivity index (χ3v) is 5.48. The fraction of sp³-hybridized carbons (Fsp3) is 0.600. The zero-order valence-corrected chi connectivity index (χ0v) is 15.3. The van der Waals surface area contributed by atoms with E-state index in [2.05, 4.69) is 10.2 Å². The number of hydrogen-bond acceptors (Lipinski definition) is 3. The molecule has 0 radical (unpaired) electrons. The first kappa shape index (κ1) is 18.7. The first-order chi connectivity index (χ1) is 12.6. The number of nitrogens with zero attached hydrogens (tertiary/aromatic N) is 2. The highest BCUT2D eigenvalue weighted by molar-refractivity contribution is 5.75. The second-order valence-electron chi connectivity index (χ2n) is 7.40. The lowest BCUT2D eigenvalue weighted by Crippen LogP contribution is -2.58. The monoisotopic (exact) mass is 359 g/mol. The smallest absolute Gasteiger partial charge is 0.317 e. The van der Waals surface area contributed by atoms with E-state index in [0.717, 1.165) is 38.2 Å². The van der Waals surface area contributed by atoms with Crippen LogP contribution in [0.3, 0.4) is 0 Å². The summed E-state index contributed by atoms with van der Waals surface area (Å²) in [4.78, 5) is 28.1. The van der Waals surface area contributed by atoms with Crippen molar-refractivity contribution >= 4 is 12.0 Å². The number of hydrogen-bond donors (Lipinski definition) is 2. The highest BCUT2D eigenvalue weighted by Gasteiger charge is 2.31. The van der Waals surface area contributed by atoms with E-state index in [1.165, 1.54) is 12.8 Å². The van der Waals surface area contributed by atoms with Crippen molar-refractivity contribution in [3.8, 4) is 0 Å². The Morgan fingerprint density at radius 3 is 2.73 bits per heavy atom. The highest BCUT2D eigenvalue weighted by atomic mass is 16.4. The summed E-state index contributed by atoms with van der Waals surface area (Å²) in [5.74, 6) is -0.826. The lowest BCUT2D eigenvalue weighted by molar-refractivity contribution is -0.137. The summed E-state index contributed by atoms with van der Waals surface area (Å²) in [5.41, 5.74) is 1.11. The maximum atomic E-state index is 12.8. The first-order valence-corrected chi connectivity index (χ1v) is 9.67. The number of piperazine rings is 1. The van der Waals surface area contributed by atoms with Gasteiger partial charge >= 0.3 is 12.0 Å². The Kier molecular flexibility index (Phi) is 6.50. The van der Waals surface area contributed by atoms with E-state index >= 15 is 0 Å². The van der Waals surface area contributed by atoms with E-state index in [1.54, 1.807) is 0 Å². The molecule has 142 valence electrons. The number of carboxylic acids is 1. The standard InChI is InChI=1S/C20H29N3O3/c24-19(25)10-9-17(14-16-6-2-1-3-7-16)21-20(26)23-13-12-22-11-5-4-8-18(22)15-23/h1-3,6-7,17-18H,4-5,8-15H2,(H,21,26)(H,24,25). The predicted molar refractivity (Wildman–Crippen MR) is 100 cm³/mol. The third-order valence-electron chi connectivity index (χ3n) is 5.48. The number of piperidine rings is 1.